The Morgan fingerprint density at radius 3 is 2.80 bits per heavy atom. The minimum Gasteiger partial charge on any atom is -0.383 e. The van der Waals surface area contributed by atoms with Crippen LogP contribution >= 0.6 is 15.9 Å². The van der Waals surface area contributed by atoms with Crippen LogP contribution < -0.4 is 11.2 Å². The van der Waals surface area contributed by atoms with Gasteiger partial charge >= 0.3 is 0 Å². The number of anilines is 1. The summed E-state index contributed by atoms with van der Waals surface area (Å²) in [6.45, 7) is 4.03. The van der Waals surface area contributed by atoms with Crippen molar-refractivity contribution < 1.29 is 5.21 Å². The van der Waals surface area contributed by atoms with Crippen molar-refractivity contribution in [3.8, 4) is 11.3 Å². The molecule has 0 spiro atoms. The van der Waals surface area contributed by atoms with Crippen molar-refractivity contribution in [2.75, 3.05) is 5.73 Å². The molecule has 1 atom stereocenters. The van der Waals surface area contributed by atoms with Crippen molar-refractivity contribution >= 4 is 21.7 Å². The minimum absolute atomic E-state index is 0.282. The second-order valence-corrected chi connectivity index (χ2v) is 6.41. The maximum Gasteiger partial charge on any atom is 0.131 e. The van der Waals surface area contributed by atoms with E-state index < -0.39 is 5.41 Å². The number of nitrogens with zero attached hydrogens (tertiary/aromatic N) is 2. The van der Waals surface area contributed by atoms with Gasteiger partial charge in [0.15, 0.2) is 0 Å². The Morgan fingerprint density at radius 1 is 1.35 bits per heavy atom. The van der Waals surface area contributed by atoms with Crippen molar-refractivity contribution in [2.45, 2.75) is 25.3 Å². The third-order valence-electron chi connectivity index (χ3n) is 3.95. The predicted octanol–water partition coefficient (Wildman–Crippen LogP) is 2.80. The SMILES string of the molecule is CC1(C)c2c(N)ncnc2-c2ccc(Br)cc2[C@@H]1NO. The van der Waals surface area contributed by atoms with E-state index in [1.54, 1.807) is 0 Å². The normalized spacial score (nSPS) is 19.3. The van der Waals surface area contributed by atoms with Crippen LogP contribution in [0.25, 0.3) is 11.3 Å². The van der Waals surface area contributed by atoms with E-state index in [9.17, 15) is 5.21 Å². The molecule has 1 aliphatic carbocycles. The highest BCUT2D eigenvalue weighted by molar-refractivity contribution is 9.10. The van der Waals surface area contributed by atoms with E-state index in [2.05, 4.69) is 31.4 Å². The standard InChI is InChI=1S/C14H15BrN4O/c1-14(2)10-11(17-6-18-13(10)16)8-4-3-7(15)5-9(8)12(14)19-20/h3-6,12,19-20H,1-2H3,(H2,16,17,18)/t12-/m0/s1. The summed E-state index contributed by atoms with van der Waals surface area (Å²) in [7, 11) is 0. The molecule has 4 N–H and O–H groups in total. The van der Waals surface area contributed by atoms with Crippen molar-refractivity contribution in [3.63, 3.8) is 0 Å². The molecule has 6 heteroatoms. The maximum absolute atomic E-state index is 9.63. The fourth-order valence-electron chi connectivity index (χ4n) is 2.99. The highest BCUT2D eigenvalue weighted by atomic mass is 79.9. The summed E-state index contributed by atoms with van der Waals surface area (Å²) in [5.41, 5.74) is 11.7. The molecule has 3 rings (SSSR count). The van der Waals surface area contributed by atoms with Gasteiger partial charge in [-0.25, -0.2) is 9.97 Å². The van der Waals surface area contributed by atoms with E-state index in [1.807, 2.05) is 32.0 Å². The van der Waals surface area contributed by atoms with E-state index in [1.165, 1.54) is 6.33 Å². The largest absolute Gasteiger partial charge is 0.383 e. The number of hydrogen-bond donors (Lipinski definition) is 3. The molecule has 0 unspecified atom stereocenters. The van der Waals surface area contributed by atoms with Gasteiger partial charge < -0.3 is 10.9 Å². The molecule has 0 radical (unpaired) electrons. The molecule has 1 heterocycles. The van der Waals surface area contributed by atoms with Gasteiger partial charge in [-0.1, -0.05) is 35.8 Å². The quantitative estimate of drug-likeness (QED) is 0.698. The average molecular weight is 335 g/mol. The first kappa shape index (κ1) is 13.5. The maximum atomic E-state index is 9.63. The number of hydrogen-bond acceptors (Lipinski definition) is 5. The van der Waals surface area contributed by atoms with E-state index in [0.717, 1.165) is 26.9 Å². The van der Waals surface area contributed by atoms with Crippen LogP contribution in [0.2, 0.25) is 0 Å². The molecule has 0 amide bonds. The molecule has 104 valence electrons. The predicted molar refractivity (Wildman–Crippen MR) is 80.3 cm³/mol. The van der Waals surface area contributed by atoms with Crippen LogP contribution in [0.1, 0.15) is 31.0 Å². The molecule has 1 aromatic carbocycles. The Labute approximate surface area is 125 Å². The van der Waals surface area contributed by atoms with Crippen LogP contribution in [0.4, 0.5) is 5.82 Å². The second kappa shape index (κ2) is 4.51. The summed E-state index contributed by atoms with van der Waals surface area (Å²) < 4.78 is 0.956. The van der Waals surface area contributed by atoms with E-state index in [4.69, 9.17) is 5.73 Å². The van der Waals surface area contributed by atoms with E-state index >= 15 is 0 Å². The molecule has 1 aromatic heterocycles. The lowest BCUT2D eigenvalue weighted by Gasteiger charge is -2.40. The zero-order valence-electron chi connectivity index (χ0n) is 11.2. The molecule has 5 nitrogen and oxygen atoms in total. The lowest BCUT2D eigenvalue weighted by atomic mass is 9.68. The fraction of sp³-hybridized carbons (Fsp3) is 0.286. The van der Waals surface area contributed by atoms with Crippen molar-refractivity contribution in [1.29, 1.82) is 0 Å². The van der Waals surface area contributed by atoms with Crippen molar-refractivity contribution in [3.05, 3.63) is 40.1 Å². The molecule has 0 saturated heterocycles. The third kappa shape index (κ3) is 1.76. The Bertz CT molecular complexity index is 687. The van der Waals surface area contributed by atoms with Gasteiger partial charge in [0, 0.05) is 21.0 Å². The first-order valence-corrected chi connectivity index (χ1v) is 7.06. The molecule has 20 heavy (non-hydrogen) atoms. The molecule has 0 aliphatic heterocycles. The number of nitrogens with one attached hydrogen (secondary N) is 1. The Morgan fingerprint density at radius 2 is 2.10 bits per heavy atom. The molecule has 2 aromatic rings. The molecule has 0 fully saturated rings. The topological polar surface area (TPSA) is 84.1 Å². The van der Waals surface area contributed by atoms with Crippen molar-refractivity contribution in [2.24, 2.45) is 0 Å². The Hall–Kier alpha value is -1.50. The van der Waals surface area contributed by atoms with E-state index in [-0.39, 0.29) is 6.04 Å². The van der Waals surface area contributed by atoms with Gasteiger partial charge in [-0.3, -0.25) is 0 Å². The average Bonchev–Trinajstić information content (AvgIpc) is 2.38. The lowest BCUT2D eigenvalue weighted by Crippen LogP contribution is -2.40. The summed E-state index contributed by atoms with van der Waals surface area (Å²) in [5, 5.41) is 9.63. The lowest BCUT2D eigenvalue weighted by molar-refractivity contribution is 0.0914. The smallest absolute Gasteiger partial charge is 0.131 e. The monoisotopic (exact) mass is 334 g/mol. The van der Waals surface area contributed by atoms with Gasteiger partial charge in [-0.2, -0.15) is 5.48 Å². The van der Waals surface area contributed by atoms with Crippen LogP contribution in [0.3, 0.4) is 0 Å². The minimum atomic E-state index is -0.427. The number of benzene rings is 1. The first-order valence-electron chi connectivity index (χ1n) is 6.27. The van der Waals surface area contributed by atoms with Crippen LogP contribution in [0.5, 0.6) is 0 Å². The number of fused-ring (bicyclic) bond motifs is 3. The van der Waals surface area contributed by atoms with Crippen LogP contribution in [-0.4, -0.2) is 15.2 Å². The number of nitrogen functional groups attached to an aromatic ring is 1. The number of rotatable bonds is 1. The van der Waals surface area contributed by atoms with Crippen LogP contribution in [0, 0.1) is 0 Å². The zero-order chi connectivity index (χ0) is 14.5. The summed E-state index contributed by atoms with van der Waals surface area (Å²) in [6.07, 6.45) is 1.47. The molecule has 1 aliphatic rings. The summed E-state index contributed by atoms with van der Waals surface area (Å²) in [6, 6.07) is 5.64. The molecular formula is C14H15BrN4O. The first-order chi connectivity index (χ1) is 9.46. The van der Waals surface area contributed by atoms with Gasteiger partial charge in [0.1, 0.15) is 12.1 Å². The van der Waals surface area contributed by atoms with Gasteiger partial charge in [0.05, 0.1) is 11.7 Å². The van der Waals surface area contributed by atoms with Gasteiger partial charge in [0.2, 0.25) is 0 Å². The van der Waals surface area contributed by atoms with Crippen molar-refractivity contribution in [1.82, 2.24) is 15.4 Å². The molecule has 0 bridgehead atoms. The number of hydroxylamine groups is 1. The van der Waals surface area contributed by atoms with E-state index in [0.29, 0.717) is 5.82 Å². The summed E-state index contributed by atoms with van der Waals surface area (Å²) in [4.78, 5) is 8.49. The Kier molecular flexibility index (Phi) is 3.04. The van der Waals surface area contributed by atoms with Gasteiger partial charge in [0.25, 0.3) is 0 Å². The van der Waals surface area contributed by atoms with Gasteiger partial charge in [-0.05, 0) is 17.7 Å². The number of aromatic nitrogens is 2. The van der Waals surface area contributed by atoms with Crippen LogP contribution in [0.15, 0.2) is 29.0 Å². The fourth-order valence-corrected chi connectivity index (χ4v) is 3.37. The summed E-state index contributed by atoms with van der Waals surface area (Å²) >= 11 is 3.47. The highest BCUT2D eigenvalue weighted by Crippen LogP contribution is 2.50. The molecule has 0 saturated carbocycles. The third-order valence-corrected chi connectivity index (χ3v) is 4.44. The number of halogens is 1. The number of nitrogens with two attached hydrogens (primary N) is 1. The highest BCUT2D eigenvalue weighted by Gasteiger charge is 2.42. The Balaban J connectivity index is 2.39. The second-order valence-electron chi connectivity index (χ2n) is 5.50. The molecular weight excluding hydrogens is 320 g/mol. The zero-order valence-corrected chi connectivity index (χ0v) is 12.8. The summed E-state index contributed by atoms with van der Waals surface area (Å²) in [5.74, 6) is 0.453. The van der Waals surface area contributed by atoms with Gasteiger partial charge in [-0.15, -0.1) is 0 Å². The van der Waals surface area contributed by atoms with Crippen LogP contribution in [-0.2, 0) is 5.41 Å².